The largest absolute Gasteiger partial charge is 0.460 e. The number of ether oxygens (including phenoxy) is 1. The number of carbonyl (C=O) groups is 1. The number of esters is 1. The maximum Gasteiger partial charge on any atom is 0.396 e. The van der Waals surface area contributed by atoms with Crippen molar-refractivity contribution in [2.75, 3.05) is 6.61 Å². The van der Waals surface area contributed by atoms with Crippen LogP contribution in [-0.4, -0.2) is 22.4 Å². The van der Waals surface area contributed by atoms with Crippen molar-refractivity contribution in [3.05, 3.63) is 39.9 Å². The van der Waals surface area contributed by atoms with E-state index in [9.17, 15) is 14.9 Å². The zero-order chi connectivity index (χ0) is 13.8. The molecule has 1 aromatic rings. The summed E-state index contributed by atoms with van der Waals surface area (Å²) in [6.07, 6.45) is 0. The molecule has 6 heteroatoms. The van der Waals surface area contributed by atoms with Gasteiger partial charge in [0.1, 0.15) is 0 Å². The zero-order valence-corrected chi connectivity index (χ0v) is 11.3. The number of nitro groups is 1. The molecule has 0 spiro atoms. The number of rotatable bonds is 5. The molecule has 0 aliphatic rings. The molecule has 1 atom stereocenters. The molecule has 18 heavy (non-hydrogen) atoms. The lowest BCUT2D eigenvalue weighted by atomic mass is 10.2. The van der Waals surface area contributed by atoms with Gasteiger partial charge in [0.15, 0.2) is 0 Å². The lowest BCUT2D eigenvalue weighted by Gasteiger charge is -2.18. The minimum absolute atomic E-state index is 0.122. The third-order valence-corrected chi connectivity index (χ3v) is 3.56. The molecule has 1 unspecified atom stereocenters. The van der Waals surface area contributed by atoms with Crippen molar-refractivity contribution >= 4 is 17.7 Å². The maximum atomic E-state index is 11.7. The van der Waals surface area contributed by atoms with E-state index in [4.69, 9.17) is 4.74 Å². The average molecular weight is 269 g/mol. The molecule has 0 saturated heterocycles. The van der Waals surface area contributed by atoms with Gasteiger partial charge < -0.3 is 4.74 Å². The van der Waals surface area contributed by atoms with Gasteiger partial charge in [0.25, 0.3) is 0 Å². The maximum absolute atomic E-state index is 11.7. The highest BCUT2D eigenvalue weighted by molar-refractivity contribution is 8.01. The molecule has 0 N–H and O–H groups in total. The molecule has 0 aliphatic heterocycles. The highest BCUT2D eigenvalue weighted by atomic mass is 32.2. The number of nitrogens with zero attached hydrogens (tertiary/aromatic N) is 1. The van der Waals surface area contributed by atoms with E-state index in [1.165, 1.54) is 6.92 Å². The lowest BCUT2D eigenvalue weighted by Crippen LogP contribution is -2.41. The molecule has 0 aliphatic carbocycles. The van der Waals surface area contributed by atoms with Gasteiger partial charge in [-0.25, -0.2) is 4.79 Å². The van der Waals surface area contributed by atoms with Gasteiger partial charge in [-0.3, -0.25) is 10.1 Å². The predicted octanol–water partition coefficient (Wildman–Crippen LogP) is 2.64. The van der Waals surface area contributed by atoms with Crippen LogP contribution in [0.3, 0.4) is 0 Å². The topological polar surface area (TPSA) is 69.4 Å². The Morgan fingerprint density at radius 1 is 1.44 bits per heavy atom. The first-order valence-electron chi connectivity index (χ1n) is 5.47. The quantitative estimate of drug-likeness (QED) is 0.270. The summed E-state index contributed by atoms with van der Waals surface area (Å²) in [6, 6.07) is 7.18. The van der Waals surface area contributed by atoms with E-state index in [-0.39, 0.29) is 6.61 Å². The van der Waals surface area contributed by atoms with E-state index in [1.54, 1.807) is 19.1 Å². The smallest absolute Gasteiger partial charge is 0.396 e. The number of hydrogen-bond acceptors (Lipinski definition) is 5. The zero-order valence-electron chi connectivity index (χ0n) is 10.5. The van der Waals surface area contributed by atoms with E-state index in [0.717, 1.165) is 17.3 Å². The van der Waals surface area contributed by atoms with Crippen LogP contribution in [0.15, 0.2) is 29.2 Å². The number of carbonyl (C=O) groups excluding carboxylic acids is 1. The minimum atomic E-state index is -1.81. The second kappa shape index (κ2) is 5.86. The fraction of sp³-hybridized carbons (Fsp3) is 0.417. The molecular formula is C12H15NO4S. The predicted molar refractivity (Wildman–Crippen MR) is 69.1 cm³/mol. The number of thioether (sulfide) groups is 1. The third kappa shape index (κ3) is 3.22. The van der Waals surface area contributed by atoms with Gasteiger partial charge in [0.05, 0.1) is 6.61 Å². The summed E-state index contributed by atoms with van der Waals surface area (Å²) in [7, 11) is 0. The van der Waals surface area contributed by atoms with Crippen LogP contribution in [0.5, 0.6) is 0 Å². The second-order valence-corrected chi connectivity index (χ2v) is 5.35. The number of benzene rings is 1. The molecule has 0 aromatic heterocycles. The summed E-state index contributed by atoms with van der Waals surface area (Å²) in [5.74, 6) is -0.833. The highest BCUT2D eigenvalue weighted by Gasteiger charge is 2.49. The Bertz CT molecular complexity index is 446. The third-order valence-electron chi connectivity index (χ3n) is 2.34. The van der Waals surface area contributed by atoms with Crippen molar-refractivity contribution in [3.8, 4) is 0 Å². The van der Waals surface area contributed by atoms with Gasteiger partial charge in [-0.2, -0.15) is 0 Å². The molecule has 0 bridgehead atoms. The van der Waals surface area contributed by atoms with Crippen LogP contribution in [0, 0.1) is 17.0 Å². The molecule has 0 radical (unpaired) electrons. The molecule has 98 valence electrons. The van der Waals surface area contributed by atoms with Crippen LogP contribution in [0.2, 0.25) is 0 Å². The first-order valence-corrected chi connectivity index (χ1v) is 6.29. The fourth-order valence-electron chi connectivity index (χ4n) is 1.25. The summed E-state index contributed by atoms with van der Waals surface area (Å²) >= 11 is 0.882. The van der Waals surface area contributed by atoms with E-state index < -0.39 is 15.8 Å². The molecule has 0 amide bonds. The van der Waals surface area contributed by atoms with E-state index in [2.05, 4.69) is 0 Å². The van der Waals surface area contributed by atoms with E-state index >= 15 is 0 Å². The first kappa shape index (κ1) is 14.5. The van der Waals surface area contributed by atoms with Crippen LogP contribution < -0.4 is 0 Å². The van der Waals surface area contributed by atoms with Crippen molar-refractivity contribution in [3.63, 3.8) is 0 Å². The fourth-order valence-corrected chi connectivity index (χ4v) is 2.20. The van der Waals surface area contributed by atoms with Gasteiger partial charge in [0.2, 0.25) is 0 Å². The monoisotopic (exact) mass is 269 g/mol. The van der Waals surface area contributed by atoms with Gasteiger partial charge >= 0.3 is 10.8 Å². The summed E-state index contributed by atoms with van der Waals surface area (Å²) in [6.45, 7) is 4.92. The Morgan fingerprint density at radius 3 is 2.44 bits per heavy atom. The van der Waals surface area contributed by atoms with Crippen molar-refractivity contribution in [2.24, 2.45) is 0 Å². The van der Waals surface area contributed by atoms with Crippen LogP contribution in [-0.2, 0) is 9.53 Å². The number of hydrogen-bond donors (Lipinski definition) is 0. The van der Waals surface area contributed by atoms with Gasteiger partial charge in [-0.1, -0.05) is 17.7 Å². The Hall–Kier alpha value is -1.56. The molecule has 1 rings (SSSR count). The normalized spacial score (nSPS) is 13.7. The van der Waals surface area contributed by atoms with E-state index in [1.807, 2.05) is 19.1 Å². The Balaban J connectivity index is 2.96. The van der Waals surface area contributed by atoms with E-state index in [0.29, 0.717) is 4.90 Å². The Morgan fingerprint density at radius 2 is 2.00 bits per heavy atom. The van der Waals surface area contributed by atoms with Crippen molar-refractivity contribution in [2.45, 2.75) is 30.5 Å². The van der Waals surface area contributed by atoms with Crippen molar-refractivity contribution in [1.29, 1.82) is 0 Å². The minimum Gasteiger partial charge on any atom is -0.460 e. The second-order valence-electron chi connectivity index (χ2n) is 3.88. The molecule has 0 fully saturated rings. The van der Waals surface area contributed by atoms with Crippen molar-refractivity contribution in [1.82, 2.24) is 0 Å². The van der Waals surface area contributed by atoms with Gasteiger partial charge in [-0.05, 0) is 37.7 Å². The van der Waals surface area contributed by atoms with Gasteiger partial charge in [-0.15, -0.1) is 0 Å². The Kier molecular flexibility index (Phi) is 4.72. The Labute approximate surface area is 110 Å². The molecule has 0 heterocycles. The van der Waals surface area contributed by atoms with Crippen LogP contribution in [0.1, 0.15) is 19.4 Å². The van der Waals surface area contributed by atoms with Crippen LogP contribution in [0.4, 0.5) is 0 Å². The average Bonchev–Trinajstić information content (AvgIpc) is 2.32. The molecule has 0 saturated carbocycles. The standard InChI is InChI=1S/C12H15NO4S/c1-4-17-11(14)12(3,13(15)16)18-10-7-5-9(2)6-8-10/h5-8H,4H2,1-3H3. The summed E-state index contributed by atoms with van der Waals surface area (Å²) in [5.41, 5.74) is 1.05. The number of aryl methyl sites for hydroxylation is 1. The van der Waals surface area contributed by atoms with Gasteiger partial charge in [0, 0.05) is 16.7 Å². The first-order chi connectivity index (χ1) is 8.40. The SMILES string of the molecule is CCOC(=O)C(C)(Sc1ccc(C)cc1)[N+](=O)[O-]. The molecular weight excluding hydrogens is 254 g/mol. The molecule has 1 aromatic carbocycles. The highest BCUT2D eigenvalue weighted by Crippen LogP contribution is 2.34. The molecule has 5 nitrogen and oxygen atoms in total. The summed E-state index contributed by atoms with van der Waals surface area (Å²) in [4.78, 5) is 21.0. The van der Waals surface area contributed by atoms with Crippen LogP contribution >= 0.6 is 11.8 Å². The summed E-state index contributed by atoms with van der Waals surface area (Å²) in [5, 5.41) is 11.1. The van der Waals surface area contributed by atoms with Crippen LogP contribution in [0.25, 0.3) is 0 Å². The summed E-state index contributed by atoms with van der Waals surface area (Å²) < 4.78 is 4.76. The lowest BCUT2D eigenvalue weighted by molar-refractivity contribution is -0.520. The van der Waals surface area contributed by atoms with Crippen molar-refractivity contribution < 1.29 is 14.5 Å².